The molecule has 126 valence electrons. The van der Waals surface area contributed by atoms with Crippen molar-refractivity contribution in [3.8, 4) is 0 Å². The number of imide groups is 1. The molecule has 0 bridgehead atoms. The largest absolute Gasteiger partial charge is 0.336 e. The van der Waals surface area contributed by atoms with Crippen LogP contribution in [0.15, 0.2) is 42.2 Å². The predicted octanol–water partition coefficient (Wildman–Crippen LogP) is 1.56. The van der Waals surface area contributed by atoms with Crippen molar-refractivity contribution in [1.29, 1.82) is 0 Å². The molecule has 7 heteroatoms. The fraction of sp³-hybridized carbons (Fsp3) is 0.222. The Morgan fingerprint density at radius 1 is 1.16 bits per heavy atom. The molecule has 2 aromatic rings. The van der Waals surface area contributed by atoms with Crippen LogP contribution in [0, 0.1) is 0 Å². The van der Waals surface area contributed by atoms with Gasteiger partial charge in [0.1, 0.15) is 5.70 Å². The third-order valence-electron chi connectivity index (χ3n) is 4.48. The van der Waals surface area contributed by atoms with Crippen LogP contribution in [0.25, 0.3) is 6.08 Å². The van der Waals surface area contributed by atoms with E-state index >= 15 is 0 Å². The summed E-state index contributed by atoms with van der Waals surface area (Å²) in [4.78, 5) is 35.7. The average Bonchev–Trinajstić information content (AvgIpc) is 2.88. The van der Waals surface area contributed by atoms with Crippen molar-refractivity contribution in [2.75, 3.05) is 18.5 Å². The zero-order valence-electron chi connectivity index (χ0n) is 13.8. The van der Waals surface area contributed by atoms with E-state index in [1.165, 1.54) is 16.0 Å². The standard InChI is InChI=1S/C18H17N5O2/c1-22-15(16(24)21-18(22)25)10-14-6-8-19-17(20-14)23-9-7-12-4-2-3-5-13(12)11-23/h2-6,8,10H,7,9,11H2,1H3,(H,21,24,25)/b15-10+. The van der Waals surface area contributed by atoms with Crippen LogP contribution in [0.3, 0.4) is 0 Å². The first kappa shape index (κ1) is 15.3. The summed E-state index contributed by atoms with van der Waals surface area (Å²) in [7, 11) is 1.55. The minimum atomic E-state index is -0.432. The van der Waals surface area contributed by atoms with Gasteiger partial charge in [-0.25, -0.2) is 14.8 Å². The number of aromatic nitrogens is 2. The lowest BCUT2D eigenvalue weighted by atomic mass is 10.0. The second kappa shape index (κ2) is 6.01. The normalized spacial score (nSPS) is 18.5. The third kappa shape index (κ3) is 2.84. The zero-order chi connectivity index (χ0) is 17.4. The highest BCUT2D eigenvalue weighted by Crippen LogP contribution is 2.22. The number of nitrogens with zero attached hydrogens (tertiary/aromatic N) is 4. The molecule has 0 radical (unpaired) electrons. The molecule has 0 spiro atoms. The first-order valence-electron chi connectivity index (χ1n) is 8.07. The van der Waals surface area contributed by atoms with E-state index in [9.17, 15) is 9.59 Å². The van der Waals surface area contributed by atoms with Gasteiger partial charge in [0.2, 0.25) is 5.95 Å². The number of carbonyl (C=O) groups excluding carboxylic acids is 2. The topological polar surface area (TPSA) is 78.4 Å². The summed E-state index contributed by atoms with van der Waals surface area (Å²) in [6.07, 6.45) is 4.22. The highest BCUT2D eigenvalue weighted by atomic mass is 16.2. The second-order valence-electron chi connectivity index (χ2n) is 6.07. The molecule has 0 atom stereocenters. The summed E-state index contributed by atoms with van der Waals surface area (Å²) < 4.78 is 0. The lowest BCUT2D eigenvalue weighted by Gasteiger charge is -2.28. The van der Waals surface area contributed by atoms with E-state index in [2.05, 4.69) is 38.4 Å². The van der Waals surface area contributed by atoms with Gasteiger partial charge < -0.3 is 4.90 Å². The molecule has 1 aromatic carbocycles. The number of hydrogen-bond acceptors (Lipinski definition) is 5. The Bertz CT molecular complexity index is 893. The number of amides is 3. The molecule has 0 unspecified atom stereocenters. The summed E-state index contributed by atoms with van der Waals surface area (Å²) in [6.45, 7) is 1.60. The number of hydrogen-bond donors (Lipinski definition) is 1. The monoisotopic (exact) mass is 335 g/mol. The summed E-state index contributed by atoms with van der Waals surface area (Å²) in [5.74, 6) is 0.204. The van der Waals surface area contributed by atoms with Crippen molar-refractivity contribution in [1.82, 2.24) is 20.2 Å². The molecule has 3 heterocycles. The highest BCUT2D eigenvalue weighted by molar-refractivity contribution is 6.13. The third-order valence-corrected chi connectivity index (χ3v) is 4.48. The number of fused-ring (bicyclic) bond motifs is 1. The number of likely N-dealkylation sites (N-methyl/N-ethyl adjacent to an activating group) is 1. The fourth-order valence-electron chi connectivity index (χ4n) is 3.07. The lowest BCUT2D eigenvalue weighted by molar-refractivity contribution is -0.115. The molecule has 4 rings (SSSR count). The lowest BCUT2D eigenvalue weighted by Crippen LogP contribution is -2.31. The van der Waals surface area contributed by atoms with Gasteiger partial charge in [-0.1, -0.05) is 24.3 Å². The molecular weight excluding hydrogens is 318 g/mol. The van der Waals surface area contributed by atoms with Crippen molar-refractivity contribution in [3.63, 3.8) is 0 Å². The maximum Gasteiger partial charge on any atom is 0.328 e. The Hall–Kier alpha value is -3.22. The zero-order valence-corrected chi connectivity index (χ0v) is 13.8. The summed E-state index contributed by atoms with van der Waals surface area (Å²) >= 11 is 0. The van der Waals surface area contributed by atoms with E-state index in [0.717, 1.165) is 19.5 Å². The molecule has 1 aromatic heterocycles. The molecule has 3 amide bonds. The molecule has 1 saturated heterocycles. The van der Waals surface area contributed by atoms with Crippen molar-refractivity contribution < 1.29 is 9.59 Å². The molecule has 0 aliphatic carbocycles. The van der Waals surface area contributed by atoms with Gasteiger partial charge in [0, 0.05) is 26.3 Å². The van der Waals surface area contributed by atoms with Crippen molar-refractivity contribution in [3.05, 3.63) is 59.0 Å². The summed E-state index contributed by atoms with van der Waals surface area (Å²) in [5.41, 5.74) is 3.51. The Morgan fingerprint density at radius 3 is 2.72 bits per heavy atom. The number of urea groups is 1. The van der Waals surface area contributed by atoms with Crippen molar-refractivity contribution in [2.45, 2.75) is 13.0 Å². The van der Waals surface area contributed by atoms with Gasteiger partial charge in [0.15, 0.2) is 0 Å². The van der Waals surface area contributed by atoms with Gasteiger partial charge in [-0.05, 0) is 29.7 Å². The predicted molar refractivity (Wildman–Crippen MR) is 92.5 cm³/mol. The van der Waals surface area contributed by atoms with Crippen LogP contribution in [0.4, 0.5) is 10.7 Å². The van der Waals surface area contributed by atoms with Crippen LogP contribution in [0.5, 0.6) is 0 Å². The number of rotatable bonds is 2. The maximum atomic E-state index is 11.8. The van der Waals surface area contributed by atoms with Gasteiger partial charge >= 0.3 is 6.03 Å². The summed E-state index contributed by atoms with van der Waals surface area (Å²) in [6, 6.07) is 9.66. The van der Waals surface area contributed by atoms with E-state index in [-0.39, 0.29) is 5.70 Å². The minimum absolute atomic E-state index is 0.277. The quantitative estimate of drug-likeness (QED) is 0.666. The molecule has 2 aliphatic rings. The van der Waals surface area contributed by atoms with Crippen LogP contribution in [0.1, 0.15) is 16.8 Å². The Morgan fingerprint density at radius 2 is 1.96 bits per heavy atom. The van der Waals surface area contributed by atoms with Gasteiger partial charge in [-0.15, -0.1) is 0 Å². The van der Waals surface area contributed by atoms with Crippen LogP contribution < -0.4 is 10.2 Å². The minimum Gasteiger partial charge on any atom is -0.336 e. The first-order valence-corrected chi connectivity index (χ1v) is 8.07. The van der Waals surface area contributed by atoms with E-state index in [1.54, 1.807) is 25.4 Å². The van der Waals surface area contributed by atoms with E-state index in [1.807, 2.05) is 6.07 Å². The maximum absolute atomic E-state index is 11.8. The number of nitrogens with one attached hydrogen (secondary N) is 1. The van der Waals surface area contributed by atoms with Crippen molar-refractivity contribution >= 4 is 24.0 Å². The second-order valence-corrected chi connectivity index (χ2v) is 6.07. The van der Waals surface area contributed by atoms with Crippen LogP contribution in [-0.4, -0.2) is 40.4 Å². The Balaban J connectivity index is 1.61. The van der Waals surface area contributed by atoms with Gasteiger partial charge in [-0.3, -0.25) is 15.0 Å². The van der Waals surface area contributed by atoms with Crippen LogP contribution in [0.2, 0.25) is 0 Å². The molecule has 0 saturated carbocycles. The van der Waals surface area contributed by atoms with Gasteiger partial charge in [-0.2, -0.15) is 0 Å². The molecular formula is C18H17N5O2. The van der Waals surface area contributed by atoms with E-state index in [0.29, 0.717) is 11.6 Å². The summed E-state index contributed by atoms with van der Waals surface area (Å²) in [5, 5.41) is 2.25. The molecule has 1 fully saturated rings. The molecule has 1 N–H and O–H groups in total. The Labute approximate surface area is 145 Å². The molecule has 2 aliphatic heterocycles. The van der Waals surface area contributed by atoms with Crippen molar-refractivity contribution in [2.24, 2.45) is 0 Å². The number of anilines is 1. The van der Waals surface area contributed by atoms with E-state index < -0.39 is 11.9 Å². The average molecular weight is 335 g/mol. The number of benzene rings is 1. The molecule has 7 nitrogen and oxygen atoms in total. The van der Waals surface area contributed by atoms with Gasteiger partial charge in [0.25, 0.3) is 5.91 Å². The molecule has 25 heavy (non-hydrogen) atoms. The van der Waals surface area contributed by atoms with Crippen LogP contribution >= 0.6 is 0 Å². The number of carbonyl (C=O) groups is 2. The van der Waals surface area contributed by atoms with Gasteiger partial charge in [0.05, 0.1) is 5.69 Å². The first-order chi connectivity index (χ1) is 12.1. The fourth-order valence-corrected chi connectivity index (χ4v) is 3.07. The smallest absolute Gasteiger partial charge is 0.328 e. The SMILES string of the molecule is CN1C(=O)NC(=O)/C1=C\c1ccnc(N2CCc3ccccc3C2)n1. The van der Waals surface area contributed by atoms with Crippen LogP contribution in [-0.2, 0) is 17.8 Å². The van der Waals surface area contributed by atoms with E-state index in [4.69, 9.17) is 0 Å². The Kier molecular flexibility index (Phi) is 3.68. The highest BCUT2D eigenvalue weighted by Gasteiger charge is 2.29.